The molecule has 0 aromatic heterocycles. The average molecular weight is 296 g/mol. The second-order valence-corrected chi connectivity index (χ2v) is 4.82. The van der Waals surface area contributed by atoms with Gasteiger partial charge < -0.3 is 19.9 Å². The summed E-state index contributed by atoms with van der Waals surface area (Å²) in [6.45, 7) is 0.339. The Morgan fingerprint density at radius 2 is 2.29 bits per heavy atom. The third-order valence-corrected chi connectivity index (χ3v) is 3.12. The SMILES string of the molecule is O=C(COc1ccccc1[N+](=O)[O-])NCC1(O)CCOC1. The van der Waals surface area contributed by atoms with E-state index in [4.69, 9.17) is 9.47 Å². The van der Waals surface area contributed by atoms with E-state index in [1.807, 2.05) is 0 Å². The van der Waals surface area contributed by atoms with Crippen molar-refractivity contribution in [2.24, 2.45) is 0 Å². The van der Waals surface area contributed by atoms with Gasteiger partial charge in [0.05, 0.1) is 11.5 Å². The molecule has 0 bridgehead atoms. The predicted octanol–water partition coefficient (Wildman–Crippen LogP) is 0.241. The van der Waals surface area contributed by atoms with Gasteiger partial charge in [0.2, 0.25) is 0 Å². The minimum Gasteiger partial charge on any atom is -0.477 e. The fraction of sp³-hybridized carbons (Fsp3) is 0.462. The van der Waals surface area contributed by atoms with Gasteiger partial charge in [0.1, 0.15) is 5.60 Å². The number of nitro groups is 1. The van der Waals surface area contributed by atoms with Crippen LogP contribution in [0.4, 0.5) is 5.69 Å². The summed E-state index contributed by atoms with van der Waals surface area (Å²) < 4.78 is 10.2. The topological polar surface area (TPSA) is 111 Å². The third kappa shape index (κ3) is 4.14. The van der Waals surface area contributed by atoms with Gasteiger partial charge in [-0.05, 0) is 6.07 Å². The van der Waals surface area contributed by atoms with Crippen LogP contribution in [0, 0.1) is 10.1 Å². The van der Waals surface area contributed by atoms with Crippen molar-refractivity contribution < 1.29 is 24.3 Å². The van der Waals surface area contributed by atoms with Gasteiger partial charge in [-0.25, -0.2) is 0 Å². The molecule has 1 aromatic carbocycles. The van der Waals surface area contributed by atoms with Gasteiger partial charge in [-0.15, -0.1) is 0 Å². The number of hydrogen-bond acceptors (Lipinski definition) is 6. The number of hydrogen-bond donors (Lipinski definition) is 2. The Morgan fingerprint density at radius 3 is 2.95 bits per heavy atom. The maximum atomic E-state index is 11.6. The van der Waals surface area contributed by atoms with E-state index in [1.165, 1.54) is 18.2 Å². The molecule has 1 aromatic rings. The fourth-order valence-electron chi connectivity index (χ4n) is 1.92. The van der Waals surface area contributed by atoms with Crippen LogP contribution in [-0.4, -0.2) is 47.9 Å². The molecule has 2 N–H and O–H groups in total. The van der Waals surface area contributed by atoms with Crippen molar-refractivity contribution in [2.45, 2.75) is 12.0 Å². The first-order chi connectivity index (χ1) is 10.0. The Bertz CT molecular complexity index is 527. The Morgan fingerprint density at radius 1 is 1.52 bits per heavy atom. The molecule has 114 valence electrons. The van der Waals surface area contributed by atoms with Crippen LogP contribution in [0.2, 0.25) is 0 Å². The average Bonchev–Trinajstić information content (AvgIpc) is 2.90. The van der Waals surface area contributed by atoms with Gasteiger partial charge in [0, 0.05) is 25.6 Å². The summed E-state index contributed by atoms with van der Waals surface area (Å²) in [4.78, 5) is 21.8. The second-order valence-electron chi connectivity index (χ2n) is 4.82. The predicted molar refractivity (Wildman–Crippen MR) is 72.0 cm³/mol. The zero-order valence-electron chi connectivity index (χ0n) is 11.3. The molecule has 1 atom stereocenters. The minimum absolute atomic E-state index is 0.0283. The van der Waals surface area contributed by atoms with Crippen LogP contribution in [0.1, 0.15) is 6.42 Å². The quantitative estimate of drug-likeness (QED) is 0.574. The standard InChI is InChI=1S/C13H16N2O6/c16-12(14-8-13(17)5-6-20-9-13)7-21-11-4-2-1-3-10(11)15(18)19/h1-4,17H,5-9H2,(H,14,16). The van der Waals surface area contributed by atoms with Crippen LogP contribution in [-0.2, 0) is 9.53 Å². The molecule has 0 aliphatic carbocycles. The summed E-state index contributed by atoms with van der Waals surface area (Å²) in [6.07, 6.45) is 0.457. The van der Waals surface area contributed by atoms with E-state index < -0.39 is 16.4 Å². The summed E-state index contributed by atoms with van der Waals surface area (Å²) in [5.41, 5.74) is -1.25. The maximum Gasteiger partial charge on any atom is 0.310 e. The van der Waals surface area contributed by atoms with Crippen molar-refractivity contribution >= 4 is 11.6 Å². The van der Waals surface area contributed by atoms with Crippen molar-refractivity contribution in [3.05, 3.63) is 34.4 Å². The van der Waals surface area contributed by atoms with Crippen molar-refractivity contribution in [1.29, 1.82) is 0 Å². The lowest BCUT2D eigenvalue weighted by atomic mass is 10.0. The number of carbonyl (C=O) groups excluding carboxylic acids is 1. The Balaban J connectivity index is 1.83. The van der Waals surface area contributed by atoms with Crippen LogP contribution in [0.15, 0.2) is 24.3 Å². The zero-order valence-corrected chi connectivity index (χ0v) is 11.3. The lowest BCUT2D eigenvalue weighted by Crippen LogP contribution is -2.44. The molecule has 2 rings (SSSR count). The summed E-state index contributed by atoms with van der Waals surface area (Å²) >= 11 is 0. The number of rotatable bonds is 6. The zero-order chi connectivity index (χ0) is 15.3. The molecule has 0 spiro atoms. The van der Waals surface area contributed by atoms with Crippen LogP contribution in [0.5, 0.6) is 5.75 Å². The van der Waals surface area contributed by atoms with Crippen molar-refractivity contribution in [3.63, 3.8) is 0 Å². The number of aliphatic hydroxyl groups is 1. The largest absolute Gasteiger partial charge is 0.477 e. The molecule has 21 heavy (non-hydrogen) atoms. The number of nitrogens with one attached hydrogen (secondary N) is 1. The molecular weight excluding hydrogens is 280 g/mol. The molecule has 0 radical (unpaired) electrons. The number of nitrogens with zero attached hydrogens (tertiary/aromatic N) is 1. The number of ether oxygens (including phenoxy) is 2. The van der Waals surface area contributed by atoms with E-state index in [1.54, 1.807) is 6.07 Å². The van der Waals surface area contributed by atoms with Gasteiger partial charge in [0.15, 0.2) is 12.4 Å². The van der Waals surface area contributed by atoms with Gasteiger partial charge in [-0.3, -0.25) is 14.9 Å². The molecule has 1 heterocycles. The summed E-state index contributed by atoms with van der Waals surface area (Å²) in [7, 11) is 0. The van der Waals surface area contributed by atoms with E-state index in [-0.39, 0.29) is 31.2 Å². The monoisotopic (exact) mass is 296 g/mol. The lowest BCUT2D eigenvalue weighted by molar-refractivity contribution is -0.385. The maximum absolute atomic E-state index is 11.6. The van der Waals surface area contributed by atoms with Crippen LogP contribution in [0.3, 0.4) is 0 Å². The number of nitro benzene ring substituents is 1. The minimum atomic E-state index is -1.05. The molecule has 1 aliphatic rings. The molecule has 1 amide bonds. The highest BCUT2D eigenvalue weighted by atomic mass is 16.6. The van der Waals surface area contributed by atoms with E-state index in [0.717, 1.165) is 0 Å². The lowest BCUT2D eigenvalue weighted by Gasteiger charge is -2.20. The molecule has 1 saturated heterocycles. The van der Waals surface area contributed by atoms with E-state index >= 15 is 0 Å². The van der Waals surface area contributed by atoms with Gasteiger partial charge in [0.25, 0.3) is 5.91 Å². The van der Waals surface area contributed by atoms with Gasteiger partial charge >= 0.3 is 5.69 Å². The van der Waals surface area contributed by atoms with Crippen molar-refractivity contribution in [1.82, 2.24) is 5.32 Å². The Hall–Kier alpha value is -2.19. The fourth-order valence-corrected chi connectivity index (χ4v) is 1.92. The molecule has 1 aliphatic heterocycles. The van der Waals surface area contributed by atoms with E-state index in [9.17, 15) is 20.0 Å². The smallest absolute Gasteiger partial charge is 0.310 e. The number of amides is 1. The van der Waals surface area contributed by atoms with E-state index in [2.05, 4.69) is 5.32 Å². The summed E-state index contributed by atoms with van der Waals surface area (Å²) in [5, 5.41) is 23.3. The molecule has 8 heteroatoms. The molecule has 1 unspecified atom stereocenters. The normalized spacial score (nSPS) is 21.0. The van der Waals surface area contributed by atoms with Crippen molar-refractivity contribution in [2.75, 3.05) is 26.4 Å². The van der Waals surface area contributed by atoms with Gasteiger partial charge in [-0.2, -0.15) is 0 Å². The number of para-hydroxylation sites is 2. The first-order valence-corrected chi connectivity index (χ1v) is 6.43. The van der Waals surface area contributed by atoms with Gasteiger partial charge in [-0.1, -0.05) is 12.1 Å². The van der Waals surface area contributed by atoms with Crippen LogP contribution >= 0.6 is 0 Å². The number of benzene rings is 1. The number of carbonyl (C=O) groups is 1. The first-order valence-electron chi connectivity index (χ1n) is 6.43. The highest BCUT2D eigenvalue weighted by molar-refractivity contribution is 5.77. The molecule has 1 fully saturated rings. The molecular formula is C13H16N2O6. The second kappa shape index (κ2) is 6.51. The summed E-state index contributed by atoms with van der Waals surface area (Å²) in [5.74, 6) is -0.436. The van der Waals surface area contributed by atoms with Crippen LogP contribution < -0.4 is 10.1 Å². The Kier molecular flexibility index (Phi) is 4.71. The van der Waals surface area contributed by atoms with E-state index in [0.29, 0.717) is 13.0 Å². The summed E-state index contributed by atoms with van der Waals surface area (Å²) in [6, 6.07) is 5.81. The third-order valence-electron chi connectivity index (χ3n) is 3.12. The first kappa shape index (κ1) is 15.2. The van der Waals surface area contributed by atoms with Crippen molar-refractivity contribution in [3.8, 4) is 5.75 Å². The molecule has 0 saturated carbocycles. The highest BCUT2D eigenvalue weighted by Gasteiger charge is 2.32. The molecule has 8 nitrogen and oxygen atoms in total. The highest BCUT2D eigenvalue weighted by Crippen LogP contribution is 2.25. The van der Waals surface area contributed by atoms with Crippen LogP contribution in [0.25, 0.3) is 0 Å². The Labute approximate surface area is 120 Å².